The Bertz CT molecular complexity index is 2790. The van der Waals surface area contributed by atoms with Crippen LogP contribution in [0.2, 0.25) is 0 Å². The molecule has 1 aromatic heterocycles. The third-order valence-corrected chi connectivity index (χ3v) is 14.8. The van der Waals surface area contributed by atoms with Gasteiger partial charge in [0.15, 0.2) is 0 Å². The number of esters is 1. The minimum absolute atomic E-state index is 0.0290. The Hall–Kier alpha value is -6.95. The fraction of sp³-hybridized carbons (Fsp3) is 0.540. The number of benzene rings is 1. The van der Waals surface area contributed by atoms with Gasteiger partial charge in [-0.15, -0.1) is 0 Å². The number of fused-ring (bicyclic) bond motifs is 4. The molecule has 0 radical (unpaired) electrons. The summed E-state index contributed by atoms with van der Waals surface area (Å²) in [5.74, 6) is -8.81. The number of aliphatic imine (C=N–C) groups is 1. The summed E-state index contributed by atoms with van der Waals surface area (Å²) in [5, 5.41) is 52.3. The molecule has 5 aliphatic heterocycles. The molecular formula is C50H61N7O16. The van der Waals surface area contributed by atoms with Gasteiger partial charge < -0.3 is 69.4 Å². The Kier molecular flexibility index (Phi) is 14.5. The van der Waals surface area contributed by atoms with Crippen LogP contribution in [0.25, 0.3) is 0 Å². The fourth-order valence-corrected chi connectivity index (χ4v) is 10.3. The molecule has 1 aliphatic carbocycles. The molecule has 392 valence electrons. The van der Waals surface area contributed by atoms with Gasteiger partial charge in [0.25, 0.3) is 11.7 Å². The molecule has 6 heterocycles. The molecule has 1 spiro atoms. The number of imidazole rings is 1. The molecule has 73 heavy (non-hydrogen) atoms. The van der Waals surface area contributed by atoms with E-state index in [0.717, 1.165) is 0 Å². The molecule has 5 N–H and O–H groups in total. The highest BCUT2D eigenvalue weighted by Crippen LogP contribution is 2.50. The molecule has 5 bridgehead atoms. The molecule has 23 nitrogen and oxygen atoms in total. The summed E-state index contributed by atoms with van der Waals surface area (Å²) in [4.78, 5) is 90.9. The SMILES string of the molecule is CO[C@H]1/C=C/O[C@@]2(C)Oc3c(C)c(O)c4c(c3C2=O)C2=NC3(CCN(C(=O)CO[C@@H]5COc6nc([N+](=O)[O-])cn6C5)CC3)NC2=C(NC(=O)/C(C)=C\C=C\[C@H](C)[C@H](O)[C@@H](C)[C@@H](O)[C@@H](C)C(OC(C)=O)[C@@H]1C)C4=O. The van der Waals surface area contributed by atoms with Crippen LogP contribution in [0.4, 0.5) is 5.82 Å². The number of rotatable bonds is 6. The predicted octanol–water partition coefficient (Wildman–Crippen LogP) is 3.07. The van der Waals surface area contributed by atoms with E-state index >= 15 is 0 Å². The van der Waals surface area contributed by atoms with Crippen LogP contribution in [-0.4, -0.2) is 145 Å². The lowest BCUT2D eigenvalue weighted by atomic mass is 9.78. The number of aromatic hydroxyl groups is 1. The minimum atomic E-state index is -2.07. The van der Waals surface area contributed by atoms with Crippen molar-refractivity contribution in [3.8, 4) is 17.5 Å². The first-order valence-electron chi connectivity index (χ1n) is 24.1. The first-order valence-corrected chi connectivity index (χ1v) is 24.1. The fourth-order valence-electron chi connectivity index (χ4n) is 10.3. The van der Waals surface area contributed by atoms with E-state index in [2.05, 4.69) is 15.6 Å². The van der Waals surface area contributed by atoms with E-state index in [0.29, 0.717) is 0 Å². The van der Waals surface area contributed by atoms with Crippen molar-refractivity contribution < 1.29 is 72.6 Å². The third kappa shape index (κ3) is 9.73. The number of nitrogens with zero attached hydrogens (tertiary/aromatic N) is 5. The average Bonchev–Trinajstić information content (AvgIpc) is 4.04. The van der Waals surface area contributed by atoms with E-state index in [1.54, 1.807) is 44.7 Å². The zero-order valence-corrected chi connectivity index (χ0v) is 42.0. The number of ketones is 2. The largest absolute Gasteiger partial charge is 0.507 e. The molecule has 6 aliphatic rings. The number of phenolic OH excluding ortho intramolecular Hbond substituents is 1. The zero-order chi connectivity index (χ0) is 53.0. The van der Waals surface area contributed by atoms with Gasteiger partial charge in [-0.3, -0.25) is 33.5 Å². The molecule has 2 aromatic rings. The number of nitrogens with one attached hydrogen (secondary N) is 2. The first kappa shape index (κ1) is 52.4. The number of aromatic nitrogens is 2. The molecule has 1 saturated heterocycles. The van der Waals surface area contributed by atoms with E-state index in [1.165, 1.54) is 64.0 Å². The van der Waals surface area contributed by atoms with Crippen LogP contribution in [-0.2, 0) is 39.9 Å². The van der Waals surface area contributed by atoms with Crippen LogP contribution in [0.15, 0.2) is 58.7 Å². The average molecular weight is 1020 g/mol. The molecule has 10 atom stereocenters. The maximum Gasteiger partial charge on any atom is 0.414 e. The van der Waals surface area contributed by atoms with E-state index in [4.69, 9.17) is 33.4 Å². The van der Waals surface area contributed by atoms with Gasteiger partial charge in [0.1, 0.15) is 54.5 Å². The highest BCUT2D eigenvalue weighted by atomic mass is 16.7. The lowest BCUT2D eigenvalue weighted by Crippen LogP contribution is -2.52. The van der Waals surface area contributed by atoms with Gasteiger partial charge in [-0.2, -0.15) is 0 Å². The molecule has 0 saturated carbocycles. The van der Waals surface area contributed by atoms with Crippen molar-refractivity contribution >= 4 is 40.9 Å². The highest BCUT2D eigenvalue weighted by Gasteiger charge is 2.55. The number of likely N-dealkylation sites (tertiary alicyclic amines) is 1. The number of phenols is 1. The molecule has 1 aromatic carbocycles. The maximum atomic E-state index is 14.9. The van der Waals surface area contributed by atoms with Crippen molar-refractivity contribution in [1.82, 2.24) is 25.1 Å². The van der Waals surface area contributed by atoms with E-state index in [9.17, 15) is 49.4 Å². The number of piperidine rings is 1. The Morgan fingerprint density at radius 3 is 2.38 bits per heavy atom. The summed E-state index contributed by atoms with van der Waals surface area (Å²) in [7, 11) is 1.43. The van der Waals surface area contributed by atoms with Crippen molar-refractivity contribution in [1.29, 1.82) is 0 Å². The van der Waals surface area contributed by atoms with Gasteiger partial charge in [-0.1, -0.05) is 45.9 Å². The Morgan fingerprint density at radius 2 is 1.71 bits per heavy atom. The number of methoxy groups -OCH3 is 1. The van der Waals surface area contributed by atoms with Gasteiger partial charge in [-0.25, -0.2) is 0 Å². The Balaban J connectivity index is 1.13. The number of Topliss-reactive ketones (excluding diaryl/α,β-unsaturated/α-hetero) is 2. The predicted molar refractivity (Wildman–Crippen MR) is 256 cm³/mol. The van der Waals surface area contributed by atoms with Crippen LogP contribution in [0, 0.1) is 40.7 Å². The topological polar surface area (TPSA) is 302 Å². The summed E-state index contributed by atoms with van der Waals surface area (Å²) in [6.07, 6.45) is 4.46. The number of carbonyl (C=O) groups excluding carboxylic acids is 5. The summed E-state index contributed by atoms with van der Waals surface area (Å²) in [5.41, 5.74) is -1.50. The van der Waals surface area contributed by atoms with E-state index < -0.39 is 99.8 Å². The lowest BCUT2D eigenvalue weighted by molar-refractivity contribution is -0.389. The molecular weight excluding hydrogens is 955 g/mol. The number of hydrogen-bond acceptors (Lipinski definition) is 19. The molecule has 23 heteroatoms. The summed E-state index contributed by atoms with van der Waals surface area (Å²) >= 11 is 0. The quantitative estimate of drug-likeness (QED) is 0.158. The Morgan fingerprint density at radius 1 is 1.00 bits per heavy atom. The zero-order valence-electron chi connectivity index (χ0n) is 42.0. The van der Waals surface area contributed by atoms with Crippen LogP contribution in [0.1, 0.15) is 93.2 Å². The smallest absolute Gasteiger partial charge is 0.414 e. The second kappa shape index (κ2) is 20.2. The van der Waals surface area contributed by atoms with Gasteiger partial charge >= 0.3 is 23.6 Å². The third-order valence-electron chi connectivity index (χ3n) is 14.8. The number of aliphatic hydroxyl groups excluding tert-OH is 2. The first-order chi connectivity index (χ1) is 34.5. The number of allylic oxidation sites excluding steroid dienone is 4. The number of nitro groups is 1. The second-order valence-corrected chi connectivity index (χ2v) is 19.7. The van der Waals surface area contributed by atoms with Gasteiger partial charge in [0, 0.05) is 92.2 Å². The number of aliphatic hydroxyl groups is 2. The summed E-state index contributed by atoms with van der Waals surface area (Å²) in [6, 6.07) is 0.0807. The molecule has 1 fully saturated rings. The van der Waals surface area contributed by atoms with E-state index in [1.807, 2.05) is 0 Å². The van der Waals surface area contributed by atoms with Gasteiger partial charge in [0.05, 0.1) is 53.7 Å². The summed E-state index contributed by atoms with van der Waals surface area (Å²) in [6.45, 7) is 12.7. The molecule has 1 unspecified atom stereocenters. The van der Waals surface area contributed by atoms with Crippen molar-refractivity contribution in [3.63, 3.8) is 0 Å². The van der Waals surface area contributed by atoms with Crippen LogP contribution in [0.3, 0.4) is 0 Å². The Labute approximate surface area is 420 Å². The van der Waals surface area contributed by atoms with Crippen molar-refractivity contribution in [2.24, 2.45) is 28.7 Å². The lowest BCUT2D eigenvalue weighted by Gasteiger charge is -2.38. The van der Waals surface area contributed by atoms with Gasteiger partial charge in [0.2, 0.25) is 11.7 Å². The van der Waals surface area contributed by atoms with Gasteiger partial charge in [-0.05, 0) is 24.8 Å². The van der Waals surface area contributed by atoms with Crippen molar-refractivity contribution in [2.45, 2.75) is 117 Å². The van der Waals surface area contributed by atoms with Crippen LogP contribution in [0.5, 0.6) is 17.5 Å². The number of amides is 2. The molecule has 8 rings (SSSR count). The van der Waals surface area contributed by atoms with Crippen molar-refractivity contribution in [2.75, 3.05) is 33.4 Å². The number of ether oxygens (including phenoxy) is 6. The maximum absolute atomic E-state index is 14.9. The normalized spacial score (nSPS) is 31.6. The molecule has 2 amide bonds. The number of hydrogen-bond donors (Lipinski definition) is 5. The highest BCUT2D eigenvalue weighted by molar-refractivity contribution is 6.34. The standard InChI is InChI=1S/C50H61N7O16/c1-23-11-10-12-24(2)47(65)52-39-38-37(53-50(54-38)14-16-55(17-15-50)33(59)22-69-30-19-56-20-32(57(66)67)51-48(56)70-21-30)34-35(43(39)63)42(62)28(6)45-36(34)46(64)49(8,73-45)71-18-13-31(68-9)25(3)44(72-29(7)58)27(5)41(61)26(4)40(23)60/h10-13,18,20,23,25-27,30-31,40-41,44,54,60-62H,14-17,19,21-22H2,1-9H3,(H,52,65)/b11-10+,18-13+,24-12-/t23-,25+,26+,27+,30-,31-,40-,41+,44?,49-/m0/s1. The van der Waals surface area contributed by atoms with Crippen molar-refractivity contribution in [3.05, 3.63) is 86.1 Å². The minimum Gasteiger partial charge on any atom is -0.507 e. The van der Waals surface area contributed by atoms with Crippen LogP contribution < -0.4 is 20.1 Å². The number of carbonyl (C=O) groups is 5. The summed E-state index contributed by atoms with van der Waals surface area (Å²) < 4.78 is 36.8. The van der Waals surface area contributed by atoms with E-state index in [-0.39, 0.29) is 114 Å². The second-order valence-electron chi connectivity index (χ2n) is 19.7. The monoisotopic (exact) mass is 1020 g/mol. The van der Waals surface area contributed by atoms with Crippen LogP contribution >= 0.6 is 0 Å².